The van der Waals surface area contributed by atoms with E-state index in [0.29, 0.717) is 0 Å². The predicted molar refractivity (Wildman–Crippen MR) is 93.6 cm³/mol. The Morgan fingerprint density at radius 2 is 1.72 bits per heavy atom. The minimum atomic E-state index is -0.855. The third kappa shape index (κ3) is 5.93. The van der Waals surface area contributed by atoms with Gasteiger partial charge >= 0.3 is 5.97 Å². The average molecular weight is 342 g/mol. The zero-order valence-electron chi connectivity index (χ0n) is 14.0. The molecule has 2 rings (SSSR count). The summed E-state index contributed by atoms with van der Waals surface area (Å²) in [7, 11) is 0. The molecule has 0 unspecified atom stereocenters. The summed E-state index contributed by atoms with van der Waals surface area (Å²) in [6.45, 7) is 1.67. The number of phenols is 1. The van der Waals surface area contributed by atoms with Crippen LogP contribution in [0.4, 0.5) is 0 Å². The van der Waals surface area contributed by atoms with E-state index in [1.807, 2.05) is 30.3 Å². The van der Waals surface area contributed by atoms with E-state index < -0.39 is 24.0 Å². The molecule has 4 N–H and O–H groups in total. The molecule has 2 aromatic carbocycles. The highest BCUT2D eigenvalue weighted by Gasteiger charge is 2.24. The van der Waals surface area contributed by atoms with Crippen LogP contribution in [0.15, 0.2) is 54.6 Å². The van der Waals surface area contributed by atoms with Gasteiger partial charge in [0.15, 0.2) is 0 Å². The van der Waals surface area contributed by atoms with Gasteiger partial charge < -0.3 is 20.9 Å². The van der Waals surface area contributed by atoms with Crippen LogP contribution in [-0.2, 0) is 27.4 Å². The molecule has 0 radical (unpaired) electrons. The molecule has 0 aliphatic heterocycles. The van der Waals surface area contributed by atoms with Crippen molar-refractivity contribution >= 4 is 11.9 Å². The zero-order valence-corrected chi connectivity index (χ0v) is 14.0. The molecule has 0 aromatic heterocycles. The molecule has 0 fully saturated rings. The van der Waals surface area contributed by atoms with Crippen molar-refractivity contribution in [1.82, 2.24) is 5.32 Å². The number of aromatic hydroxyl groups is 1. The fourth-order valence-electron chi connectivity index (χ4n) is 2.19. The van der Waals surface area contributed by atoms with Crippen LogP contribution in [0.1, 0.15) is 18.1 Å². The van der Waals surface area contributed by atoms with Crippen molar-refractivity contribution in [3.05, 3.63) is 65.7 Å². The third-order valence-corrected chi connectivity index (χ3v) is 3.61. The molecule has 2 aromatic rings. The molecule has 0 saturated heterocycles. The van der Waals surface area contributed by atoms with Gasteiger partial charge in [0.2, 0.25) is 5.91 Å². The summed E-state index contributed by atoms with van der Waals surface area (Å²) in [4.78, 5) is 24.3. The first-order valence-corrected chi connectivity index (χ1v) is 8.00. The number of nitrogens with one attached hydrogen (secondary N) is 1. The average Bonchev–Trinajstić information content (AvgIpc) is 2.61. The van der Waals surface area contributed by atoms with Gasteiger partial charge in [-0.3, -0.25) is 4.79 Å². The molecule has 0 spiro atoms. The summed E-state index contributed by atoms with van der Waals surface area (Å²) in [5, 5.41) is 12.0. The third-order valence-electron chi connectivity index (χ3n) is 3.61. The molecule has 1 amide bonds. The minimum Gasteiger partial charge on any atom is -0.508 e. The van der Waals surface area contributed by atoms with Crippen molar-refractivity contribution in [3.8, 4) is 5.75 Å². The summed E-state index contributed by atoms with van der Waals surface area (Å²) in [5.41, 5.74) is 7.21. The topological polar surface area (TPSA) is 102 Å². The number of esters is 1. The highest BCUT2D eigenvalue weighted by molar-refractivity contribution is 5.87. The lowest BCUT2D eigenvalue weighted by Gasteiger charge is -2.19. The number of amides is 1. The largest absolute Gasteiger partial charge is 0.508 e. The maximum Gasteiger partial charge on any atom is 0.329 e. The molecule has 2 atom stereocenters. The van der Waals surface area contributed by atoms with E-state index in [0.717, 1.165) is 11.1 Å². The van der Waals surface area contributed by atoms with Gasteiger partial charge in [-0.15, -0.1) is 0 Å². The number of nitrogens with two attached hydrogens (primary N) is 1. The van der Waals surface area contributed by atoms with Crippen LogP contribution in [0.3, 0.4) is 0 Å². The molecule has 132 valence electrons. The van der Waals surface area contributed by atoms with E-state index in [9.17, 15) is 14.7 Å². The Kier molecular flexibility index (Phi) is 6.54. The molecule has 0 saturated carbocycles. The second kappa shape index (κ2) is 8.84. The number of carbonyl (C=O) groups is 2. The van der Waals surface area contributed by atoms with Crippen LogP contribution in [0.25, 0.3) is 0 Å². The number of hydrogen-bond donors (Lipinski definition) is 3. The molecule has 0 aliphatic carbocycles. The monoisotopic (exact) mass is 342 g/mol. The van der Waals surface area contributed by atoms with E-state index in [2.05, 4.69) is 5.32 Å². The molecular formula is C19H22N2O4. The summed E-state index contributed by atoms with van der Waals surface area (Å²) in [6, 6.07) is 14.1. The highest BCUT2D eigenvalue weighted by atomic mass is 16.5. The van der Waals surface area contributed by atoms with Crippen LogP contribution in [-0.4, -0.2) is 29.1 Å². The number of hydrogen-bond acceptors (Lipinski definition) is 5. The number of benzene rings is 2. The first-order valence-electron chi connectivity index (χ1n) is 8.00. The van der Waals surface area contributed by atoms with Crippen molar-refractivity contribution in [2.24, 2.45) is 5.73 Å². The van der Waals surface area contributed by atoms with Crippen molar-refractivity contribution in [3.63, 3.8) is 0 Å². The van der Waals surface area contributed by atoms with Crippen LogP contribution in [0.2, 0.25) is 0 Å². The van der Waals surface area contributed by atoms with Gasteiger partial charge in [-0.25, -0.2) is 4.79 Å². The molecule has 6 nitrogen and oxygen atoms in total. The number of ether oxygens (including phenoxy) is 1. The molecule has 0 heterocycles. The van der Waals surface area contributed by atoms with Crippen molar-refractivity contribution in [2.45, 2.75) is 32.0 Å². The zero-order chi connectivity index (χ0) is 18.2. The molecule has 0 bridgehead atoms. The van der Waals surface area contributed by atoms with Gasteiger partial charge in [0.25, 0.3) is 0 Å². The van der Waals surface area contributed by atoms with Gasteiger partial charge in [-0.05, 0) is 30.2 Å². The normalized spacial score (nSPS) is 12.9. The minimum absolute atomic E-state index is 0.125. The van der Waals surface area contributed by atoms with Crippen LogP contribution in [0.5, 0.6) is 5.75 Å². The Bertz CT molecular complexity index is 699. The maximum absolute atomic E-state index is 12.4. The molecular weight excluding hydrogens is 320 g/mol. The van der Waals surface area contributed by atoms with Gasteiger partial charge in [-0.2, -0.15) is 0 Å². The fraction of sp³-hybridized carbons (Fsp3) is 0.263. The van der Waals surface area contributed by atoms with Gasteiger partial charge in [0.05, 0.1) is 6.04 Å². The van der Waals surface area contributed by atoms with E-state index in [1.165, 1.54) is 12.1 Å². The Balaban J connectivity index is 2.05. The Labute approximate surface area is 146 Å². The fourth-order valence-corrected chi connectivity index (χ4v) is 2.19. The first kappa shape index (κ1) is 18.5. The van der Waals surface area contributed by atoms with Crippen molar-refractivity contribution in [1.29, 1.82) is 0 Å². The van der Waals surface area contributed by atoms with E-state index in [4.69, 9.17) is 10.5 Å². The molecule has 0 aliphatic rings. The van der Waals surface area contributed by atoms with E-state index in [1.54, 1.807) is 19.1 Å². The second-order valence-electron chi connectivity index (χ2n) is 5.81. The number of carbonyl (C=O) groups excluding carboxylic acids is 2. The smallest absolute Gasteiger partial charge is 0.329 e. The standard InChI is InChI=1S/C19H22N2O4/c1-13(20)18(23)21-17(11-14-7-9-16(22)10-8-14)19(24)25-12-15-5-3-2-4-6-15/h2-10,13,17,22H,11-12,20H2,1H3,(H,21,23)/t13-,17-/m0/s1. The van der Waals surface area contributed by atoms with Crippen LogP contribution < -0.4 is 11.1 Å². The SMILES string of the molecule is C[C@H](N)C(=O)N[C@@H](Cc1ccc(O)cc1)C(=O)OCc1ccccc1. The Morgan fingerprint density at radius 3 is 2.32 bits per heavy atom. The van der Waals surface area contributed by atoms with Crippen LogP contribution in [0, 0.1) is 0 Å². The van der Waals surface area contributed by atoms with Crippen LogP contribution >= 0.6 is 0 Å². The van der Waals surface area contributed by atoms with Gasteiger partial charge in [0.1, 0.15) is 18.4 Å². The van der Waals surface area contributed by atoms with Crippen molar-refractivity contribution < 1.29 is 19.4 Å². The number of rotatable bonds is 7. The molecule has 6 heteroatoms. The summed E-state index contributed by atoms with van der Waals surface area (Å²) < 4.78 is 5.32. The lowest BCUT2D eigenvalue weighted by Crippen LogP contribution is -2.48. The summed E-state index contributed by atoms with van der Waals surface area (Å²) in [6.07, 6.45) is 0.242. The van der Waals surface area contributed by atoms with E-state index >= 15 is 0 Å². The Hall–Kier alpha value is -2.86. The second-order valence-corrected chi connectivity index (χ2v) is 5.81. The van der Waals surface area contributed by atoms with Crippen molar-refractivity contribution in [2.75, 3.05) is 0 Å². The van der Waals surface area contributed by atoms with Gasteiger partial charge in [0, 0.05) is 6.42 Å². The summed E-state index contributed by atoms with van der Waals surface area (Å²) in [5.74, 6) is -0.835. The lowest BCUT2D eigenvalue weighted by atomic mass is 10.1. The van der Waals surface area contributed by atoms with Gasteiger partial charge in [-0.1, -0.05) is 42.5 Å². The molecule has 25 heavy (non-hydrogen) atoms. The Morgan fingerprint density at radius 1 is 1.08 bits per heavy atom. The first-order chi connectivity index (χ1) is 12.0. The lowest BCUT2D eigenvalue weighted by molar-refractivity contribution is -0.149. The maximum atomic E-state index is 12.4. The quantitative estimate of drug-likeness (QED) is 0.662. The summed E-state index contributed by atoms with van der Waals surface area (Å²) >= 11 is 0. The predicted octanol–water partition coefficient (Wildman–Crippen LogP) is 1.51. The number of phenolic OH excluding ortho intramolecular Hbond substituents is 1. The van der Waals surface area contributed by atoms with E-state index in [-0.39, 0.29) is 18.8 Å². The highest BCUT2D eigenvalue weighted by Crippen LogP contribution is 2.12.